The number of likely N-dealkylation sites (tertiary alicyclic amines) is 1. The van der Waals surface area contributed by atoms with E-state index in [4.69, 9.17) is 4.42 Å². The number of fused-ring (bicyclic) bond motifs is 1. The van der Waals surface area contributed by atoms with E-state index in [-0.39, 0.29) is 5.82 Å². The van der Waals surface area contributed by atoms with Gasteiger partial charge < -0.3 is 14.6 Å². The summed E-state index contributed by atoms with van der Waals surface area (Å²) in [5.74, 6) is 0.692. The largest absolute Gasteiger partial charge is 0.459 e. The molecule has 1 atom stereocenters. The van der Waals surface area contributed by atoms with Crippen molar-refractivity contribution in [2.45, 2.75) is 39.3 Å². The van der Waals surface area contributed by atoms with Crippen LogP contribution in [-0.4, -0.2) is 30.6 Å². The third-order valence-electron chi connectivity index (χ3n) is 4.34. The van der Waals surface area contributed by atoms with E-state index in [1.807, 2.05) is 6.92 Å². The minimum atomic E-state index is -0.215. The molecule has 0 spiro atoms. The van der Waals surface area contributed by atoms with Crippen molar-refractivity contribution in [1.29, 1.82) is 0 Å². The summed E-state index contributed by atoms with van der Waals surface area (Å²) in [5, 5.41) is 4.39. The number of furan rings is 1. The molecular weight excluding hydrogens is 267 g/mol. The first-order valence-electron chi connectivity index (χ1n) is 7.77. The minimum absolute atomic E-state index is 0.215. The number of nitrogens with zero attached hydrogens (tertiary/aromatic N) is 1. The molecular formula is C17H23FN2O. The summed E-state index contributed by atoms with van der Waals surface area (Å²) in [6.45, 7) is 8.40. The van der Waals surface area contributed by atoms with Gasteiger partial charge in [-0.2, -0.15) is 0 Å². The van der Waals surface area contributed by atoms with Gasteiger partial charge in [-0.1, -0.05) is 0 Å². The lowest BCUT2D eigenvalue weighted by Crippen LogP contribution is -2.37. The second kappa shape index (κ2) is 6.16. The van der Waals surface area contributed by atoms with Crippen LogP contribution in [0.1, 0.15) is 31.1 Å². The van der Waals surface area contributed by atoms with Gasteiger partial charge in [0, 0.05) is 18.0 Å². The molecule has 114 valence electrons. The number of benzene rings is 1. The second-order valence-corrected chi connectivity index (χ2v) is 6.08. The molecule has 4 heteroatoms. The SMILES string of the molecule is Cc1c(CNC(C)CN2CCCC2)oc2ccc(F)cc12. The van der Waals surface area contributed by atoms with E-state index in [0.29, 0.717) is 12.6 Å². The molecule has 1 aromatic heterocycles. The molecule has 2 heterocycles. The van der Waals surface area contributed by atoms with E-state index in [2.05, 4.69) is 17.1 Å². The maximum atomic E-state index is 13.3. The summed E-state index contributed by atoms with van der Waals surface area (Å²) in [6, 6.07) is 5.12. The van der Waals surface area contributed by atoms with Gasteiger partial charge in [-0.15, -0.1) is 0 Å². The van der Waals surface area contributed by atoms with Crippen LogP contribution in [0.5, 0.6) is 0 Å². The lowest BCUT2D eigenvalue weighted by atomic mass is 10.1. The first-order chi connectivity index (χ1) is 10.1. The summed E-state index contributed by atoms with van der Waals surface area (Å²) >= 11 is 0. The fourth-order valence-corrected chi connectivity index (χ4v) is 3.10. The molecule has 21 heavy (non-hydrogen) atoms. The van der Waals surface area contributed by atoms with Gasteiger partial charge in [-0.05, 0) is 63.5 Å². The molecule has 2 aromatic rings. The van der Waals surface area contributed by atoms with Gasteiger partial charge in [0.1, 0.15) is 17.2 Å². The number of aryl methyl sites for hydroxylation is 1. The molecule has 1 unspecified atom stereocenters. The second-order valence-electron chi connectivity index (χ2n) is 6.08. The van der Waals surface area contributed by atoms with Gasteiger partial charge in [0.05, 0.1) is 6.54 Å². The molecule has 1 saturated heterocycles. The lowest BCUT2D eigenvalue weighted by molar-refractivity contribution is 0.295. The molecule has 1 fully saturated rings. The van der Waals surface area contributed by atoms with Gasteiger partial charge in [0.25, 0.3) is 0 Å². The zero-order valence-corrected chi connectivity index (χ0v) is 12.8. The van der Waals surface area contributed by atoms with Crippen LogP contribution in [-0.2, 0) is 6.54 Å². The van der Waals surface area contributed by atoms with Crippen LogP contribution in [0.3, 0.4) is 0 Å². The number of halogens is 1. The molecule has 0 amide bonds. The van der Waals surface area contributed by atoms with Crippen molar-refractivity contribution >= 4 is 11.0 Å². The van der Waals surface area contributed by atoms with Gasteiger partial charge in [0.15, 0.2) is 0 Å². The van der Waals surface area contributed by atoms with Crippen LogP contribution in [0.2, 0.25) is 0 Å². The van der Waals surface area contributed by atoms with E-state index in [1.165, 1.54) is 32.0 Å². The van der Waals surface area contributed by atoms with E-state index >= 15 is 0 Å². The Morgan fingerprint density at radius 3 is 2.86 bits per heavy atom. The molecule has 0 bridgehead atoms. The average Bonchev–Trinajstić information content (AvgIpc) is 3.06. The third kappa shape index (κ3) is 3.27. The van der Waals surface area contributed by atoms with E-state index in [0.717, 1.165) is 28.8 Å². The lowest BCUT2D eigenvalue weighted by Gasteiger charge is -2.20. The Morgan fingerprint density at radius 2 is 2.10 bits per heavy atom. The normalized spacial score (nSPS) is 17.7. The van der Waals surface area contributed by atoms with Crippen molar-refractivity contribution < 1.29 is 8.81 Å². The summed E-state index contributed by atoms with van der Waals surface area (Å²) in [4.78, 5) is 2.50. The summed E-state index contributed by atoms with van der Waals surface area (Å²) < 4.78 is 19.1. The Labute approximate surface area is 125 Å². The molecule has 0 aliphatic carbocycles. The van der Waals surface area contributed by atoms with Crippen molar-refractivity contribution in [2.24, 2.45) is 0 Å². The summed E-state index contributed by atoms with van der Waals surface area (Å²) in [6.07, 6.45) is 2.64. The first kappa shape index (κ1) is 14.5. The van der Waals surface area contributed by atoms with Crippen LogP contribution in [0.15, 0.2) is 22.6 Å². The van der Waals surface area contributed by atoms with Gasteiger partial charge in [0.2, 0.25) is 0 Å². The van der Waals surface area contributed by atoms with E-state index in [1.54, 1.807) is 12.1 Å². The average molecular weight is 290 g/mol. The predicted octanol–water partition coefficient (Wildman–Crippen LogP) is 3.45. The van der Waals surface area contributed by atoms with Crippen molar-refractivity contribution in [1.82, 2.24) is 10.2 Å². The number of hydrogen-bond acceptors (Lipinski definition) is 3. The zero-order valence-electron chi connectivity index (χ0n) is 12.8. The van der Waals surface area contributed by atoms with E-state index < -0.39 is 0 Å². The highest BCUT2D eigenvalue weighted by Crippen LogP contribution is 2.25. The highest BCUT2D eigenvalue weighted by Gasteiger charge is 2.16. The number of hydrogen-bond donors (Lipinski definition) is 1. The van der Waals surface area contributed by atoms with Crippen LogP contribution in [0, 0.1) is 12.7 Å². The Hall–Kier alpha value is -1.39. The van der Waals surface area contributed by atoms with Gasteiger partial charge in [-0.25, -0.2) is 4.39 Å². The van der Waals surface area contributed by atoms with Crippen LogP contribution in [0.25, 0.3) is 11.0 Å². The Balaban J connectivity index is 1.63. The van der Waals surface area contributed by atoms with Gasteiger partial charge >= 0.3 is 0 Å². The monoisotopic (exact) mass is 290 g/mol. The maximum absolute atomic E-state index is 13.3. The molecule has 3 rings (SSSR count). The van der Waals surface area contributed by atoms with Crippen molar-refractivity contribution in [2.75, 3.05) is 19.6 Å². The Bertz CT molecular complexity index is 617. The fourth-order valence-electron chi connectivity index (χ4n) is 3.10. The summed E-state index contributed by atoms with van der Waals surface area (Å²) in [7, 11) is 0. The minimum Gasteiger partial charge on any atom is -0.459 e. The smallest absolute Gasteiger partial charge is 0.134 e. The Kier molecular flexibility index (Phi) is 4.27. The van der Waals surface area contributed by atoms with Crippen molar-refractivity contribution in [3.05, 3.63) is 35.3 Å². The third-order valence-corrected chi connectivity index (χ3v) is 4.34. The highest BCUT2D eigenvalue weighted by molar-refractivity contribution is 5.82. The Morgan fingerprint density at radius 1 is 1.33 bits per heavy atom. The topological polar surface area (TPSA) is 28.4 Å². The summed E-state index contributed by atoms with van der Waals surface area (Å²) in [5.41, 5.74) is 1.79. The van der Waals surface area contributed by atoms with E-state index in [9.17, 15) is 4.39 Å². The van der Waals surface area contributed by atoms with Gasteiger partial charge in [-0.3, -0.25) is 0 Å². The molecule has 3 nitrogen and oxygen atoms in total. The van der Waals surface area contributed by atoms with Crippen LogP contribution < -0.4 is 5.32 Å². The zero-order chi connectivity index (χ0) is 14.8. The molecule has 0 saturated carbocycles. The predicted molar refractivity (Wildman–Crippen MR) is 82.9 cm³/mol. The molecule has 1 aliphatic heterocycles. The molecule has 1 aromatic carbocycles. The number of rotatable bonds is 5. The van der Waals surface area contributed by atoms with Crippen LogP contribution in [0.4, 0.5) is 4.39 Å². The van der Waals surface area contributed by atoms with Crippen molar-refractivity contribution in [3.8, 4) is 0 Å². The van der Waals surface area contributed by atoms with Crippen molar-refractivity contribution in [3.63, 3.8) is 0 Å². The maximum Gasteiger partial charge on any atom is 0.134 e. The quantitative estimate of drug-likeness (QED) is 0.914. The molecule has 1 N–H and O–H groups in total. The number of nitrogens with one attached hydrogen (secondary N) is 1. The molecule has 1 aliphatic rings. The first-order valence-corrected chi connectivity index (χ1v) is 7.77. The molecule has 0 radical (unpaired) electrons. The highest BCUT2D eigenvalue weighted by atomic mass is 19.1. The standard InChI is InChI=1S/C17H23FN2O/c1-12(11-20-7-3-4-8-20)19-10-17-13(2)15-9-14(18)5-6-16(15)21-17/h5-6,9,12,19H,3-4,7-8,10-11H2,1-2H3. The fraction of sp³-hybridized carbons (Fsp3) is 0.529. The van der Waals surface area contributed by atoms with Crippen LogP contribution >= 0.6 is 0 Å².